The molecule has 0 aromatic heterocycles. The first-order valence-electron chi connectivity index (χ1n) is 16.0. The van der Waals surface area contributed by atoms with Gasteiger partial charge >= 0.3 is 184 Å². The molecule has 2 rings (SSSR count). The van der Waals surface area contributed by atoms with Crippen molar-refractivity contribution in [1.29, 1.82) is 0 Å². The number of aliphatic carboxylic acids is 1. The van der Waals surface area contributed by atoms with Crippen molar-refractivity contribution >= 4 is 87.7 Å². The van der Waals surface area contributed by atoms with Crippen LogP contribution < -0.4 is 164 Å². The summed E-state index contributed by atoms with van der Waals surface area (Å²) in [6.45, 7) is 14.5. The number of esters is 7. The number of ether oxygens (including phenoxy) is 7. The summed E-state index contributed by atoms with van der Waals surface area (Å²) in [7, 11) is 0. The summed E-state index contributed by atoms with van der Waals surface area (Å²) in [5.41, 5.74) is -1.26. The zero-order chi connectivity index (χ0) is 43.7. The number of ketones is 2. The molecule has 0 spiro atoms. The fraction of sp³-hybridized carbons (Fsp3) is 0.588. The molecular formula is C34H50BrClK3O21-. The summed E-state index contributed by atoms with van der Waals surface area (Å²) >= 11 is 2.94. The van der Waals surface area contributed by atoms with E-state index in [1.807, 2.05) is 0 Å². The van der Waals surface area contributed by atoms with E-state index in [4.69, 9.17) is 5.11 Å². The van der Waals surface area contributed by atoms with Crippen LogP contribution in [0.3, 0.4) is 0 Å². The topological polar surface area (TPSA) is 332 Å². The van der Waals surface area contributed by atoms with Gasteiger partial charge in [0.1, 0.15) is 29.9 Å². The minimum Gasteiger partial charge on any atom is -0.870 e. The third-order valence-corrected chi connectivity index (χ3v) is 4.76. The zero-order valence-electron chi connectivity index (χ0n) is 36.0. The van der Waals surface area contributed by atoms with E-state index in [1.165, 1.54) is 13.8 Å². The summed E-state index contributed by atoms with van der Waals surface area (Å²) in [6.07, 6.45) is 1.68. The monoisotopic (exact) mass is 1030 g/mol. The second kappa shape index (κ2) is 50.0. The predicted octanol–water partition coefficient (Wildman–Crippen LogP) is -9.11. The molecule has 0 atom stereocenters. The van der Waals surface area contributed by atoms with Gasteiger partial charge in [-0.15, -0.1) is 24.1 Å². The number of rotatable bonds is 13. The Kier molecular flexibility index (Phi) is 66.9. The van der Waals surface area contributed by atoms with Gasteiger partial charge in [0.05, 0.1) is 26.4 Å². The van der Waals surface area contributed by atoms with Crippen LogP contribution in [0.1, 0.15) is 75.2 Å². The van der Waals surface area contributed by atoms with Crippen LogP contribution in [0.5, 0.6) is 0 Å². The van der Waals surface area contributed by atoms with Crippen molar-refractivity contribution in [2.24, 2.45) is 0 Å². The number of carboxylic acid groups (broad SMARTS) is 1. The van der Waals surface area contributed by atoms with Crippen molar-refractivity contribution in [3.05, 3.63) is 23.0 Å². The summed E-state index contributed by atoms with van der Waals surface area (Å²) in [5.74, 6) is -6.84. The number of carboxylic acids is 1. The maximum Gasteiger partial charge on any atom is 1.00 e. The Labute approximate surface area is 490 Å². The quantitative estimate of drug-likeness (QED) is 0.0340. The Morgan fingerprint density at radius 2 is 1.13 bits per heavy atom. The molecule has 0 unspecified atom stereocenters. The van der Waals surface area contributed by atoms with Crippen LogP contribution in [-0.4, -0.2) is 127 Å². The average Bonchev–Trinajstić information content (AvgIpc) is 3.63. The number of hydrogen-bond donors (Lipinski definition) is 1. The van der Waals surface area contributed by atoms with Crippen LogP contribution in [0.2, 0.25) is 0 Å². The fourth-order valence-electron chi connectivity index (χ4n) is 2.48. The van der Waals surface area contributed by atoms with E-state index in [-0.39, 0.29) is 240 Å². The van der Waals surface area contributed by atoms with Crippen molar-refractivity contribution in [3.8, 4) is 0 Å². The van der Waals surface area contributed by atoms with Crippen LogP contribution in [0.15, 0.2) is 16.9 Å². The van der Waals surface area contributed by atoms with Crippen LogP contribution in [-0.2, 0) is 81.1 Å². The van der Waals surface area contributed by atoms with Gasteiger partial charge in [-0.3, -0.25) is 19.2 Å². The largest absolute Gasteiger partial charge is 1.00 e. The first-order chi connectivity index (χ1) is 25.4. The zero-order valence-corrected chi connectivity index (χ0v) is 47.8. The summed E-state index contributed by atoms with van der Waals surface area (Å²) in [5, 5.41) is 28.9. The number of carbonyl (C=O) groups excluding carboxylic acids is 10. The number of aliphatic hydroxyl groups is 1. The maximum absolute atomic E-state index is 10.9. The molecule has 21 nitrogen and oxygen atoms in total. The second-order valence-electron chi connectivity index (χ2n) is 10.6. The second-order valence-corrected chi connectivity index (χ2v) is 11.2. The molecule has 0 radical (unpaired) electrons. The third-order valence-electron chi connectivity index (χ3n) is 4.31. The molecule has 0 aromatic rings. The molecule has 0 aromatic carbocycles. The van der Waals surface area contributed by atoms with E-state index >= 15 is 0 Å². The average molecular weight is 1030 g/mol. The molecular weight excluding hydrogens is 977 g/mol. The van der Waals surface area contributed by atoms with E-state index in [0.29, 0.717) is 11.9 Å². The molecule has 2 aliphatic heterocycles. The van der Waals surface area contributed by atoms with Gasteiger partial charge in [-0.2, -0.15) is 0 Å². The van der Waals surface area contributed by atoms with Crippen LogP contribution in [0, 0.1) is 6.08 Å². The number of Topliss-reactive ketones (excluding diaryl/α,β-unsaturated/α-hetero) is 2. The molecule has 2 N–H and O–H groups in total. The molecule has 0 saturated carbocycles. The van der Waals surface area contributed by atoms with Gasteiger partial charge in [0.15, 0.2) is 17.9 Å². The maximum atomic E-state index is 10.9. The molecule has 0 amide bonds. The predicted molar refractivity (Wildman–Crippen MR) is 194 cm³/mol. The summed E-state index contributed by atoms with van der Waals surface area (Å²) in [4.78, 5) is 104. The van der Waals surface area contributed by atoms with Crippen molar-refractivity contribution in [1.82, 2.24) is 0 Å². The molecule has 0 bridgehead atoms. The molecule has 2 heterocycles. The first-order valence-corrected chi connectivity index (χ1v) is 17.2. The summed E-state index contributed by atoms with van der Waals surface area (Å²) < 4.78 is 31.3. The van der Waals surface area contributed by atoms with Crippen LogP contribution >= 0.6 is 28.3 Å². The van der Waals surface area contributed by atoms with E-state index in [2.05, 4.69) is 55.2 Å². The minimum atomic E-state index is -1.31. The van der Waals surface area contributed by atoms with Gasteiger partial charge in [0, 0.05) is 19.0 Å². The SMILES string of the molecule is CC(=O)CC(=O)[O-].CC(C)(C)[O-].CCOC(=O)C1=C(O)COC1=O.CCOC(=O)C1=[C-]COC1=O.CCOC(=O)CBr.CCOC(=O)COC(=O)CC(C)=O.Cl.[K+].[K+].[K+].[OH-]. The van der Waals surface area contributed by atoms with Gasteiger partial charge < -0.3 is 68.3 Å². The number of hydrogen-bond acceptors (Lipinski definition) is 21. The van der Waals surface area contributed by atoms with Gasteiger partial charge in [-0.25, -0.2) is 14.4 Å². The molecule has 0 saturated heterocycles. The third kappa shape index (κ3) is 56.0. The Balaban J connectivity index is -0.0000000750. The Hall–Kier alpha value is -0.0209. The number of alkyl halides is 1. The van der Waals surface area contributed by atoms with Crippen LogP contribution in [0.25, 0.3) is 0 Å². The first kappa shape index (κ1) is 80.3. The normalized spacial score (nSPS) is 11.0. The number of cyclic esters (lactones) is 2. The van der Waals surface area contributed by atoms with Gasteiger partial charge in [0.25, 0.3) is 0 Å². The Morgan fingerprint density at radius 3 is 1.42 bits per heavy atom. The van der Waals surface area contributed by atoms with Crippen molar-refractivity contribution in [2.75, 3.05) is 51.6 Å². The van der Waals surface area contributed by atoms with Crippen molar-refractivity contribution < 1.29 is 256 Å². The number of halogens is 2. The van der Waals surface area contributed by atoms with Crippen molar-refractivity contribution in [2.45, 2.75) is 80.8 Å². The smallest absolute Gasteiger partial charge is 0.870 e. The Morgan fingerprint density at radius 1 is 0.717 bits per heavy atom. The molecule has 2 aliphatic rings. The number of aliphatic hydroxyl groups excluding tert-OH is 1. The molecule has 60 heavy (non-hydrogen) atoms. The van der Waals surface area contributed by atoms with Gasteiger partial charge in [-0.05, 0) is 47.1 Å². The summed E-state index contributed by atoms with van der Waals surface area (Å²) in [6, 6.07) is 0. The standard InChI is InChI=1S/C8H12O5.C7H8O5.C7H7O4.C4H7BrO2.C4H6O3.C4H9O.ClH.3K.H2O/c1-3-12-8(11)5-13-7(10)4-6(2)9;1-2-11-6(9)5-4(8)3-12-7(5)10;1-2-10-6(8)5-3-4-11-7(5)9;1-2-7-4(6)3-5;1-3(5)2-4(6)7;1-4(2,3)5;;;;;/h3-5H2,1-2H3;8H,2-3H2,1H3;2,4H2,1H3;2-3H2,1H3;2H2,1H3,(H,6,7);1-3H3;1H;;;;1H2/q;;-1;;;-1;;3*+1;/p-2. The minimum absolute atomic E-state index is 0. The number of carbonyl (C=O) groups is 10. The van der Waals surface area contributed by atoms with Gasteiger partial charge in [0.2, 0.25) is 11.9 Å². The van der Waals surface area contributed by atoms with Gasteiger partial charge in [-0.1, -0.05) is 36.7 Å². The van der Waals surface area contributed by atoms with E-state index in [9.17, 15) is 58.2 Å². The molecule has 0 aliphatic carbocycles. The fourth-order valence-corrected chi connectivity index (χ4v) is 2.64. The van der Waals surface area contributed by atoms with E-state index < -0.39 is 66.0 Å². The molecule has 26 heteroatoms. The van der Waals surface area contributed by atoms with Crippen LogP contribution in [0.4, 0.5) is 0 Å². The van der Waals surface area contributed by atoms with E-state index in [1.54, 1.807) is 48.5 Å². The van der Waals surface area contributed by atoms with Crippen molar-refractivity contribution in [3.63, 3.8) is 0 Å². The van der Waals surface area contributed by atoms with E-state index in [0.717, 1.165) is 0 Å². The molecule has 0 fully saturated rings. The Bertz CT molecular complexity index is 1360. The molecule has 330 valence electrons.